The van der Waals surface area contributed by atoms with Crippen molar-refractivity contribution >= 4 is 28.6 Å². The van der Waals surface area contributed by atoms with E-state index >= 15 is 0 Å². The van der Waals surface area contributed by atoms with Gasteiger partial charge in [0, 0.05) is 6.92 Å². The summed E-state index contributed by atoms with van der Waals surface area (Å²) in [4.78, 5) is 15.8. The zero-order valence-corrected chi connectivity index (χ0v) is 12.8. The van der Waals surface area contributed by atoms with E-state index in [1.165, 1.54) is 6.92 Å². The SMILES string of the molecule is CC(=O)Oc1c(Cl)cccc1-c1nnc2ccc(C)cc2n1. The zero-order chi connectivity index (χ0) is 15.7. The molecule has 1 aromatic heterocycles. The number of hydrogen-bond acceptors (Lipinski definition) is 5. The zero-order valence-electron chi connectivity index (χ0n) is 12.0. The summed E-state index contributed by atoms with van der Waals surface area (Å²) in [5, 5.41) is 8.58. The quantitative estimate of drug-likeness (QED) is 0.534. The van der Waals surface area contributed by atoms with Crippen LogP contribution in [0.5, 0.6) is 5.75 Å². The van der Waals surface area contributed by atoms with E-state index in [4.69, 9.17) is 16.3 Å². The number of aryl methyl sites for hydroxylation is 1. The number of hydrogen-bond donors (Lipinski definition) is 0. The summed E-state index contributed by atoms with van der Waals surface area (Å²) < 4.78 is 5.19. The van der Waals surface area contributed by atoms with Crippen molar-refractivity contribution in [3.63, 3.8) is 0 Å². The molecule has 0 aliphatic heterocycles. The topological polar surface area (TPSA) is 65.0 Å². The van der Waals surface area contributed by atoms with Crippen molar-refractivity contribution < 1.29 is 9.53 Å². The number of fused-ring (bicyclic) bond motifs is 1. The summed E-state index contributed by atoms with van der Waals surface area (Å²) in [5.41, 5.74) is 3.02. The smallest absolute Gasteiger partial charge is 0.308 e. The molecule has 6 heteroatoms. The Balaban J connectivity index is 2.18. The molecular formula is C16H12ClN3O2. The van der Waals surface area contributed by atoms with Crippen molar-refractivity contribution in [1.82, 2.24) is 15.2 Å². The van der Waals surface area contributed by atoms with Crippen LogP contribution in [0, 0.1) is 6.92 Å². The van der Waals surface area contributed by atoms with Gasteiger partial charge in [0.1, 0.15) is 5.52 Å². The Labute approximate surface area is 131 Å². The minimum Gasteiger partial charge on any atom is -0.424 e. The second-order valence-corrected chi connectivity index (χ2v) is 5.24. The third kappa shape index (κ3) is 2.76. The maximum Gasteiger partial charge on any atom is 0.308 e. The first kappa shape index (κ1) is 14.4. The van der Waals surface area contributed by atoms with Crippen molar-refractivity contribution in [3.05, 3.63) is 47.0 Å². The highest BCUT2D eigenvalue weighted by Crippen LogP contribution is 2.34. The summed E-state index contributed by atoms with van der Waals surface area (Å²) >= 11 is 6.11. The molecule has 0 fully saturated rings. The summed E-state index contributed by atoms with van der Waals surface area (Å²) in [5.74, 6) is 0.140. The van der Waals surface area contributed by atoms with Gasteiger partial charge in [0.05, 0.1) is 16.1 Å². The highest BCUT2D eigenvalue weighted by molar-refractivity contribution is 6.32. The van der Waals surface area contributed by atoms with Crippen molar-refractivity contribution in [2.24, 2.45) is 0 Å². The summed E-state index contributed by atoms with van der Waals surface area (Å²) in [7, 11) is 0. The number of para-hydroxylation sites is 1. The lowest BCUT2D eigenvalue weighted by Gasteiger charge is -2.09. The van der Waals surface area contributed by atoms with Gasteiger partial charge < -0.3 is 4.74 Å². The highest BCUT2D eigenvalue weighted by Gasteiger charge is 2.15. The number of ether oxygens (including phenoxy) is 1. The maximum atomic E-state index is 11.3. The van der Waals surface area contributed by atoms with E-state index in [1.54, 1.807) is 18.2 Å². The Morgan fingerprint density at radius 3 is 2.73 bits per heavy atom. The highest BCUT2D eigenvalue weighted by atomic mass is 35.5. The first-order valence-electron chi connectivity index (χ1n) is 6.63. The molecule has 0 amide bonds. The predicted molar refractivity (Wildman–Crippen MR) is 83.8 cm³/mol. The van der Waals surface area contributed by atoms with E-state index in [1.807, 2.05) is 25.1 Å². The largest absolute Gasteiger partial charge is 0.424 e. The lowest BCUT2D eigenvalue weighted by molar-refractivity contribution is -0.131. The van der Waals surface area contributed by atoms with E-state index in [2.05, 4.69) is 15.2 Å². The Hall–Kier alpha value is -2.53. The Morgan fingerprint density at radius 2 is 1.95 bits per heavy atom. The molecule has 0 atom stereocenters. The molecule has 110 valence electrons. The number of benzene rings is 2. The van der Waals surface area contributed by atoms with Gasteiger partial charge in [0.15, 0.2) is 11.6 Å². The van der Waals surface area contributed by atoms with Crippen LogP contribution in [-0.2, 0) is 4.79 Å². The van der Waals surface area contributed by atoms with Crippen LogP contribution >= 0.6 is 11.6 Å². The maximum absolute atomic E-state index is 11.3. The van der Waals surface area contributed by atoms with Crippen molar-refractivity contribution in [1.29, 1.82) is 0 Å². The molecule has 22 heavy (non-hydrogen) atoms. The molecule has 0 saturated carbocycles. The summed E-state index contributed by atoms with van der Waals surface area (Å²) in [6.45, 7) is 3.29. The molecule has 0 spiro atoms. The minimum absolute atomic E-state index is 0.241. The normalized spacial score (nSPS) is 10.7. The molecule has 0 N–H and O–H groups in total. The van der Waals surface area contributed by atoms with Gasteiger partial charge in [-0.1, -0.05) is 23.7 Å². The van der Waals surface area contributed by atoms with E-state index in [0.717, 1.165) is 11.1 Å². The minimum atomic E-state index is -0.459. The fraction of sp³-hybridized carbons (Fsp3) is 0.125. The molecule has 0 unspecified atom stereocenters. The Kier molecular flexibility index (Phi) is 3.73. The van der Waals surface area contributed by atoms with Crippen LogP contribution in [-0.4, -0.2) is 21.2 Å². The molecule has 3 rings (SSSR count). The fourth-order valence-corrected chi connectivity index (χ4v) is 2.30. The van der Waals surface area contributed by atoms with Crippen LogP contribution < -0.4 is 4.74 Å². The van der Waals surface area contributed by atoms with Crippen molar-refractivity contribution in [3.8, 4) is 17.1 Å². The molecule has 0 aliphatic carbocycles. The van der Waals surface area contributed by atoms with Crippen molar-refractivity contribution in [2.45, 2.75) is 13.8 Å². The third-order valence-electron chi connectivity index (χ3n) is 3.06. The van der Waals surface area contributed by atoms with Gasteiger partial charge in [-0.3, -0.25) is 4.79 Å². The fourth-order valence-electron chi connectivity index (χ4n) is 2.09. The molecule has 0 radical (unpaired) electrons. The monoisotopic (exact) mass is 313 g/mol. The van der Waals surface area contributed by atoms with Crippen LogP contribution in [0.4, 0.5) is 0 Å². The molecule has 2 aromatic carbocycles. The molecule has 0 saturated heterocycles. The lowest BCUT2D eigenvalue weighted by atomic mass is 10.1. The van der Waals surface area contributed by atoms with Gasteiger partial charge in [-0.05, 0) is 36.8 Å². The second kappa shape index (κ2) is 5.69. The number of esters is 1. The van der Waals surface area contributed by atoms with Gasteiger partial charge in [0.25, 0.3) is 0 Å². The number of aromatic nitrogens is 3. The van der Waals surface area contributed by atoms with E-state index in [9.17, 15) is 4.79 Å². The number of carbonyl (C=O) groups excluding carboxylic acids is 1. The van der Waals surface area contributed by atoms with Gasteiger partial charge in [-0.25, -0.2) is 4.98 Å². The second-order valence-electron chi connectivity index (χ2n) is 4.84. The van der Waals surface area contributed by atoms with Crippen LogP contribution in [0.2, 0.25) is 5.02 Å². The van der Waals surface area contributed by atoms with Crippen LogP contribution in [0.1, 0.15) is 12.5 Å². The van der Waals surface area contributed by atoms with E-state index < -0.39 is 5.97 Å². The summed E-state index contributed by atoms with van der Waals surface area (Å²) in [6, 6.07) is 10.9. The molecule has 0 bridgehead atoms. The van der Waals surface area contributed by atoms with Crippen LogP contribution in [0.25, 0.3) is 22.4 Å². The van der Waals surface area contributed by atoms with E-state index in [-0.39, 0.29) is 5.75 Å². The first-order chi connectivity index (χ1) is 10.5. The number of carbonyl (C=O) groups is 1. The lowest BCUT2D eigenvalue weighted by Crippen LogP contribution is -2.04. The van der Waals surface area contributed by atoms with Crippen molar-refractivity contribution in [2.75, 3.05) is 0 Å². The number of halogens is 1. The third-order valence-corrected chi connectivity index (χ3v) is 3.36. The van der Waals surface area contributed by atoms with Crippen LogP contribution in [0.3, 0.4) is 0 Å². The van der Waals surface area contributed by atoms with Crippen LogP contribution in [0.15, 0.2) is 36.4 Å². The molecule has 1 heterocycles. The Morgan fingerprint density at radius 1 is 1.14 bits per heavy atom. The van der Waals surface area contributed by atoms with Gasteiger partial charge in [-0.15, -0.1) is 10.2 Å². The van der Waals surface area contributed by atoms with Gasteiger partial charge in [0.2, 0.25) is 0 Å². The predicted octanol–water partition coefficient (Wildman–Crippen LogP) is 3.58. The van der Waals surface area contributed by atoms with E-state index in [0.29, 0.717) is 21.9 Å². The standard InChI is InChI=1S/C16H12ClN3O2/c1-9-6-7-13-14(8-9)18-16(20-19-13)11-4-3-5-12(17)15(11)22-10(2)21/h3-8H,1-2H3. The average molecular weight is 314 g/mol. The Bertz CT molecular complexity index is 880. The first-order valence-corrected chi connectivity index (χ1v) is 7.01. The summed E-state index contributed by atoms with van der Waals surface area (Å²) in [6.07, 6.45) is 0. The molecule has 3 aromatic rings. The number of nitrogens with zero attached hydrogens (tertiary/aromatic N) is 3. The molecular weight excluding hydrogens is 302 g/mol. The molecule has 5 nitrogen and oxygen atoms in total. The van der Waals surface area contributed by atoms with Gasteiger partial charge in [-0.2, -0.15) is 0 Å². The average Bonchev–Trinajstić information content (AvgIpc) is 2.48. The number of rotatable bonds is 2. The molecule has 0 aliphatic rings. The van der Waals surface area contributed by atoms with Gasteiger partial charge >= 0.3 is 5.97 Å².